The maximum absolute atomic E-state index is 13.2. The number of rotatable bonds is 46. The largest absolute Gasteiger partial charge is 0.462 e. The van der Waals surface area contributed by atoms with Crippen molar-refractivity contribution in [3.63, 3.8) is 0 Å². The molecule has 0 saturated heterocycles. The minimum atomic E-state index is -0.794. The van der Waals surface area contributed by atoms with Crippen molar-refractivity contribution >= 4 is 11.9 Å². The van der Waals surface area contributed by atoms with Crippen LogP contribution in [0.5, 0.6) is 0 Å². The summed E-state index contributed by atoms with van der Waals surface area (Å²) < 4.78 is 5.91. The van der Waals surface area contributed by atoms with Gasteiger partial charge in [0.15, 0.2) is 0 Å². The molecule has 3 N–H and O–H groups in total. The molecular weight excluding hydrogens is 731 g/mol. The van der Waals surface area contributed by atoms with E-state index in [4.69, 9.17) is 4.74 Å². The van der Waals surface area contributed by atoms with Gasteiger partial charge in [-0.2, -0.15) is 0 Å². The fourth-order valence-electron chi connectivity index (χ4n) is 7.79. The molecule has 346 valence electrons. The molecule has 0 aliphatic carbocycles. The van der Waals surface area contributed by atoms with E-state index in [1.54, 1.807) is 0 Å². The zero-order chi connectivity index (χ0) is 43.1. The Morgan fingerprint density at radius 1 is 0.492 bits per heavy atom. The van der Waals surface area contributed by atoms with E-state index in [2.05, 4.69) is 62.5 Å². The number of esters is 1. The molecule has 0 heterocycles. The standard InChI is InChI=1S/C53H99NO5/c1-4-7-10-13-16-19-22-25-26-28-29-32-35-38-41-44-49(59-53(58)46-43-40-37-34-31-24-21-18-15-12-9-6-3)47-52(57)54-50(48-55)51(56)45-42-39-36-33-30-27-23-20-17-14-11-8-5-2/h16,19,25-26,29,32,49-51,55-56H,4-15,17-18,20-24,27-28,30-31,33-48H2,1-3H3,(H,54,57)/b19-16-,26-25-,32-29-. The van der Waals surface area contributed by atoms with Crippen LogP contribution in [-0.4, -0.2) is 46.9 Å². The molecule has 0 aromatic carbocycles. The summed E-state index contributed by atoms with van der Waals surface area (Å²) in [7, 11) is 0. The third-order valence-electron chi connectivity index (χ3n) is 11.7. The van der Waals surface area contributed by atoms with Crippen molar-refractivity contribution in [3.8, 4) is 0 Å². The van der Waals surface area contributed by atoms with E-state index in [0.717, 1.165) is 70.6 Å². The zero-order valence-electron chi connectivity index (χ0n) is 39.4. The summed E-state index contributed by atoms with van der Waals surface area (Å²) in [5.74, 6) is -0.502. The van der Waals surface area contributed by atoms with E-state index in [1.807, 2.05) is 0 Å². The van der Waals surface area contributed by atoms with Gasteiger partial charge in [0.2, 0.25) is 5.91 Å². The summed E-state index contributed by atoms with van der Waals surface area (Å²) in [6.45, 7) is 6.45. The molecule has 0 bridgehead atoms. The Morgan fingerprint density at radius 2 is 0.864 bits per heavy atom. The molecule has 0 spiro atoms. The second-order valence-electron chi connectivity index (χ2n) is 17.6. The first-order valence-corrected chi connectivity index (χ1v) is 25.7. The Morgan fingerprint density at radius 3 is 1.32 bits per heavy atom. The normalized spacial score (nSPS) is 13.5. The molecule has 0 aliphatic heterocycles. The van der Waals surface area contributed by atoms with Gasteiger partial charge >= 0.3 is 5.97 Å². The lowest BCUT2D eigenvalue weighted by molar-refractivity contribution is -0.151. The summed E-state index contributed by atoms with van der Waals surface area (Å²) in [6.07, 6.45) is 54.8. The highest BCUT2D eigenvalue weighted by Crippen LogP contribution is 2.17. The Hall–Kier alpha value is -1.92. The second kappa shape index (κ2) is 47.1. The molecule has 1 amide bonds. The number of ether oxygens (including phenoxy) is 1. The maximum Gasteiger partial charge on any atom is 0.306 e. The average Bonchev–Trinajstić information content (AvgIpc) is 3.23. The van der Waals surface area contributed by atoms with Crippen LogP contribution in [0.1, 0.15) is 265 Å². The van der Waals surface area contributed by atoms with E-state index < -0.39 is 18.2 Å². The summed E-state index contributed by atoms with van der Waals surface area (Å²) in [5, 5.41) is 23.7. The van der Waals surface area contributed by atoms with Crippen LogP contribution in [0.2, 0.25) is 0 Å². The Kier molecular flexibility index (Phi) is 45.6. The fraction of sp³-hybridized carbons (Fsp3) is 0.849. The Balaban J connectivity index is 4.63. The topological polar surface area (TPSA) is 95.9 Å². The third kappa shape index (κ3) is 42.6. The van der Waals surface area contributed by atoms with E-state index in [0.29, 0.717) is 19.3 Å². The van der Waals surface area contributed by atoms with E-state index in [9.17, 15) is 19.8 Å². The lowest BCUT2D eigenvalue weighted by Gasteiger charge is -2.24. The first-order valence-electron chi connectivity index (χ1n) is 25.7. The summed E-state index contributed by atoms with van der Waals surface area (Å²) in [4.78, 5) is 26.1. The van der Waals surface area contributed by atoms with Gasteiger partial charge < -0.3 is 20.3 Å². The van der Waals surface area contributed by atoms with Gasteiger partial charge in [-0.05, 0) is 64.2 Å². The number of unbranched alkanes of at least 4 members (excludes halogenated alkanes) is 28. The number of aliphatic hydroxyl groups is 2. The van der Waals surface area contributed by atoms with Crippen molar-refractivity contribution < 1.29 is 24.5 Å². The zero-order valence-corrected chi connectivity index (χ0v) is 39.4. The molecule has 0 radical (unpaired) electrons. The monoisotopic (exact) mass is 830 g/mol. The number of hydrogen-bond donors (Lipinski definition) is 3. The molecule has 0 saturated carbocycles. The minimum absolute atomic E-state index is 0.0554. The van der Waals surface area contributed by atoms with Crippen LogP contribution in [0.3, 0.4) is 0 Å². The number of carbonyl (C=O) groups excluding carboxylic acids is 2. The van der Waals surface area contributed by atoms with Crippen molar-refractivity contribution in [1.82, 2.24) is 5.32 Å². The van der Waals surface area contributed by atoms with Gasteiger partial charge in [0, 0.05) is 6.42 Å². The van der Waals surface area contributed by atoms with Crippen LogP contribution in [0.25, 0.3) is 0 Å². The molecule has 3 unspecified atom stereocenters. The van der Waals surface area contributed by atoms with Crippen LogP contribution in [-0.2, 0) is 14.3 Å². The number of allylic oxidation sites excluding steroid dienone is 6. The predicted molar refractivity (Wildman–Crippen MR) is 255 cm³/mol. The average molecular weight is 830 g/mol. The molecule has 0 aromatic heterocycles. The summed E-state index contributed by atoms with van der Waals surface area (Å²) in [5.41, 5.74) is 0. The number of amides is 1. The van der Waals surface area contributed by atoms with Crippen LogP contribution in [0, 0.1) is 0 Å². The van der Waals surface area contributed by atoms with Crippen molar-refractivity contribution in [1.29, 1.82) is 0 Å². The molecule has 6 heteroatoms. The van der Waals surface area contributed by atoms with E-state index >= 15 is 0 Å². The van der Waals surface area contributed by atoms with E-state index in [1.165, 1.54) is 148 Å². The molecular formula is C53H99NO5. The van der Waals surface area contributed by atoms with Crippen LogP contribution < -0.4 is 5.32 Å². The van der Waals surface area contributed by atoms with E-state index in [-0.39, 0.29) is 24.9 Å². The van der Waals surface area contributed by atoms with Crippen LogP contribution in [0.4, 0.5) is 0 Å². The summed E-state index contributed by atoms with van der Waals surface area (Å²) >= 11 is 0. The molecule has 0 fully saturated rings. The molecule has 0 rings (SSSR count). The molecule has 0 aromatic rings. The lowest BCUT2D eigenvalue weighted by atomic mass is 10.0. The molecule has 59 heavy (non-hydrogen) atoms. The maximum atomic E-state index is 13.2. The SMILES string of the molecule is CCCCC/C=C\C/C=C\C/C=C\CCCCC(CC(=O)NC(CO)C(O)CCCCCCCCCCCCCCC)OC(=O)CCCCCCCCCCCCCC. The smallest absolute Gasteiger partial charge is 0.306 e. The quantitative estimate of drug-likeness (QED) is 0.0323. The highest BCUT2D eigenvalue weighted by molar-refractivity contribution is 5.77. The van der Waals surface area contributed by atoms with Crippen molar-refractivity contribution in [2.75, 3.05) is 6.61 Å². The number of carbonyl (C=O) groups is 2. The van der Waals surface area contributed by atoms with Crippen molar-refractivity contribution in [2.24, 2.45) is 0 Å². The van der Waals surface area contributed by atoms with Gasteiger partial charge in [-0.25, -0.2) is 0 Å². The highest BCUT2D eigenvalue weighted by Gasteiger charge is 2.24. The van der Waals surface area contributed by atoms with Gasteiger partial charge in [0.1, 0.15) is 6.10 Å². The van der Waals surface area contributed by atoms with Gasteiger partial charge in [0.05, 0.1) is 25.2 Å². The van der Waals surface area contributed by atoms with Crippen LogP contribution in [0.15, 0.2) is 36.5 Å². The molecule has 0 aliphatic rings. The van der Waals surface area contributed by atoms with Crippen LogP contribution >= 0.6 is 0 Å². The number of aliphatic hydroxyl groups excluding tert-OH is 2. The fourth-order valence-corrected chi connectivity index (χ4v) is 7.79. The molecule has 3 atom stereocenters. The van der Waals surface area contributed by atoms with Gasteiger partial charge in [-0.3, -0.25) is 9.59 Å². The highest BCUT2D eigenvalue weighted by atomic mass is 16.5. The Bertz CT molecular complexity index is 977. The lowest BCUT2D eigenvalue weighted by Crippen LogP contribution is -2.46. The van der Waals surface area contributed by atoms with Crippen molar-refractivity contribution in [3.05, 3.63) is 36.5 Å². The van der Waals surface area contributed by atoms with Gasteiger partial charge in [-0.1, -0.05) is 224 Å². The van der Waals surface area contributed by atoms with Gasteiger partial charge in [0.25, 0.3) is 0 Å². The second-order valence-corrected chi connectivity index (χ2v) is 17.6. The first kappa shape index (κ1) is 57.1. The molecule has 6 nitrogen and oxygen atoms in total. The number of hydrogen-bond acceptors (Lipinski definition) is 5. The van der Waals surface area contributed by atoms with Gasteiger partial charge in [-0.15, -0.1) is 0 Å². The number of nitrogens with one attached hydrogen (secondary N) is 1. The predicted octanol–water partition coefficient (Wildman–Crippen LogP) is 15.3. The minimum Gasteiger partial charge on any atom is -0.462 e. The summed E-state index contributed by atoms with van der Waals surface area (Å²) in [6, 6.07) is -0.710. The first-order chi connectivity index (χ1) is 29.0. The Labute approximate surface area is 366 Å². The third-order valence-corrected chi connectivity index (χ3v) is 11.7. The van der Waals surface area contributed by atoms with Crippen molar-refractivity contribution in [2.45, 2.75) is 283 Å².